The van der Waals surface area contributed by atoms with E-state index in [1.807, 2.05) is 24.3 Å². The fourth-order valence-corrected chi connectivity index (χ4v) is 2.75. The van der Waals surface area contributed by atoms with Crippen molar-refractivity contribution >= 4 is 0 Å². The molecule has 1 heterocycles. The maximum Gasteiger partial charge on any atom is 0.123 e. The SMILES string of the molecule is COc1ccc(OCCN2CCO[C@H](c3ccc(F)cc3)C2)cc1. The summed E-state index contributed by atoms with van der Waals surface area (Å²) in [5.41, 5.74) is 1.01. The van der Waals surface area contributed by atoms with Gasteiger partial charge in [-0.15, -0.1) is 0 Å². The van der Waals surface area contributed by atoms with Crippen LogP contribution >= 0.6 is 0 Å². The van der Waals surface area contributed by atoms with Gasteiger partial charge < -0.3 is 14.2 Å². The Hall–Kier alpha value is -2.11. The summed E-state index contributed by atoms with van der Waals surface area (Å²) in [7, 11) is 1.64. The van der Waals surface area contributed by atoms with Crippen molar-refractivity contribution in [3.63, 3.8) is 0 Å². The first-order valence-corrected chi connectivity index (χ1v) is 8.11. The van der Waals surface area contributed by atoms with Crippen molar-refractivity contribution < 1.29 is 18.6 Å². The quantitative estimate of drug-likeness (QED) is 0.813. The predicted octanol–water partition coefficient (Wildman–Crippen LogP) is 3.29. The standard InChI is InChI=1S/C19H22FNO3/c1-22-17-6-8-18(9-7-17)23-12-10-21-11-13-24-19(14-21)15-2-4-16(20)5-3-15/h2-9,19H,10-14H2,1H3/t19-/m0/s1. The van der Waals surface area contributed by atoms with Crippen molar-refractivity contribution in [1.29, 1.82) is 0 Å². The smallest absolute Gasteiger partial charge is 0.123 e. The number of halogens is 1. The third kappa shape index (κ3) is 4.46. The van der Waals surface area contributed by atoms with Crippen molar-refractivity contribution in [2.24, 2.45) is 0 Å². The van der Waals surface area contributed by atoms with Crippen molar-refractivity contribution in [2.75, 3.05) is 40.0 Å². The second kappa shape index (κ2) is 8.13. The highest BCUT2D eigenvalue weighted by Gasteiger charge is 2.21. The van der Waals surface area contributed by atoms with Crippen LogP contribution in [0, 0.1) is 5.82 Å². The molecule has 3 rings (SSSR count). The van der Waals surface area contributed by atoms with Gasteiger partial charge in [-0.05, 0) is 42.0 Å². The molecule has 1 aliphatic rings. The Bertz CT molecular complexity index is 630. The summed E-state index contributed by atoms with van der Waals surface area (Å²) in [5.74, 6) is 1.43. The van der Waals surface area contributed by atoms with E-state index in [-0.39, 0.29) is 11.9 Å². The van der Waals surface area contributed by atoms with Crippen LogP contribution < -0.4 is 9.47 Å². The lowest BCUT2D eigenvalue weighted by atomic mass is 10.1. The second-order valence-corrected chi connectivity index (χ2v) is 5.74. The van der Waals surface area contributed by atoms with Gasteiger partial charge in [0.1, 0.15) is 23.9 Å². The average molecular weight is 331 g/mol. The molecule has 128 valence electrons. The molecule has 1 aliphatic heterocycles. The van der Waals surface area contributed by atoms with Gasteiger partial charge in [0.25, 0.3) is 0 Å². The molecular weight excluding hydrogens is 309 g/mol. The van der Waals surface area contributed by atoms with Gasteiger partial charge in [-0.25, -0.2) is 4.39 Å². The minimum atomic E-state index is -0.223. The molecule has 0 aromatic heterocycles. The molecule has 2 aromatic carbocycles. The minimum Gasteiger partial charge on any atom is -0.497 e. The van der Waals surface area contributed by atoms with Crippen LogP contribution in [0.5, 0.6) is 11.5 Å². The van der Waals surface area contributed by atoms with Crippen LogP contribution in [0.3, 0.4) is 0 Å². The average Bonchev–Trinajstić information content (AvgIpc) is 2.63. The number of rotatable bonds is 6. The van der Waals surface area contributed by atoms with Crippen molar-refractivity contribution in [3.05, 3.63) is 59.9 Å². The molecule has 24 heavy (non-hydrogen) atoms. The number of methoxy groups -OCH3 is 1. The molecule has 0 radical (unpaired) electrons. The van der Waals surface area contributed by atoms with E-state index in [1.54, 1.807) is 19.2 Å². The van der Waals surface area contributed by atoms with Gasteiger partial charge in [0, 0.05) is 19.6 Å². The maximum atomic E-state index is 13.0. The third-order valence-electron chi connectivity index (χ3n) is 4.13. The Morgan fingerprint density at radius 1 is 1.08 bits per heavy atom. The zero-order valence-electron chi connectivity index (χ0n) is 13.8. The zero-order valence-corrected chi connectivity index (χ0v) is 13.8. The Morgan fingerprint density at radius 2 is 1.79 bits per heavy atom. The summed E-state index contributed by atoms with van der Waals surface area (Å²) in [6.45, 7) is 3.78. The lowest BCUT2D eigenvalue weighted by Crippen LogP contribution is -2.40. The molecule has 0 bridgehead atoms. The van der Waals surface area contributed by atoms with Crippen LogP contribution in [0.4, 0.5) is 4.39 Å². The number of morpholine rings is 1. The Labute approximate surface area is 141 Å². The van der Waals surface area contributed by atoms with Crippen LogP contribution in [-0.2, 0) is 4.74 Å². The van der Waals surface area contributed by atoms with Crippen LogP contribution in [0.25, 0.3) is 0 Å². The van der Waals surface area contributed by atoms with Crippen LogP contribution in [0.15, 0.2) is 48.5 Å². The van der Waals surface area contributed by atoms with Crippen LogP contribution in [0.2, 0.25) is 0 Å². The monoisotopic (exact) mass is 331 g/mol. The molecule has 1 saturated heterocycles. The number of hydrogen-bond donors (Lipinski definition) is 0. The highest BCUT2D eigenvalue weighted by molar-refractivity contribution is 5.31. The topological polar surface area (TPSA) is 30.9 Å². The zero-order chi connectivity index (χ0) is 16.8. The third-order valence-corrected chi connectivity index (χ3v) is 4.13. The first-order valence-electron chi connectivity index (χ1n) is 8.11. The molecule has 0 amide bonds. The van der Waals surface area contributed by atoms with E-state index >= 15 is 0 Å². The highest BCUT2D eigenvalue weighted by Crippen LogP contribution is 2.22. The van der Waals surface area contributed by atoms with Crippen LogP contribution in [-0.4, -0.2) is 44.9 Å². The summed E-state index contributed by atoms with van der Waals surface area (Å²) < 4.78 is 29.7. The van der Waals surface area contributed by atoms with E-state index in [9.17, 15) is 4.39 Å². The molecule has 1 atom stereocenters. The maximum absolute atomic E-state index is 13.0. The molecule has 0 spiro atoms. The Balaban J connectivity index is 1.47. The predicted molar refractivity (Wildman–Crippen MR) is 90.0 cm³/mol. The van der Waals surface area contributed by atoms with E-state index < -0.39 is 0 Å². The molecule has 0 unspecified atom stereocenters. The molecule has 1 fully saturated rings. The summed E-state index contributed by atoms with van der Waals surface area (Å²) in [5, 5.41) is 0. The largest absolute Gasteiger partial charge is 0.497 e. The fourth-order valence-electron chi connectivity index (χ4n) is 2.75. The van der Waals surface area contributed by atoms with Crippen molar-refractivity contribution in [3.8, 4) is 11.5 Å². The van der Waals surface area contributed by atoms with Crippen LogP contribution in [0.1, 0.15) is 11.7 Å². The Morgan fingerprint density at radius 3 is 2.50 bits per heavy atom. The second-order valence-electron chi connectivity index (χ2n) is 5.74. The van der Waals surface area contributed by atoms with Gasteiger partial charge in [-0.3, -0.25) is 4.90 Å². The molecule has 0 aliphatic carbocycles. The lowest BCUT2D eigenvalue weighted by Gasteiger charge is -2.33. The van der Waals surface area contributed by atoms with Gasteiger partial charge in [0.05, 0.1) is 19.8 Å². The van der Waals surface area contributed by atoms with Gasteiger partial charge in [0.15, 0.2) is 0 Å². The van der Waals surface area contributed by atoms with Gasteiger partial charge in [-0.2, -0.15) is 0 Å². The minimum absolute atomic E-state index is 0.0136. The number of hydrogen-bond acceptors (Lipinski definition) is 4. The summed E-state index contributed by atoms with van der Waals surface area (Å²) in [6, 6.07) is 14.1. The van der Waals surface area contributed by atoms with Gasteiger partial charge in [-0.1, -0.05) is 12.1 Å². The van der Waals surface area contributed by atoms with E-state index in [0.29, 0.717) is 13.2 Å². The lowest BCUT2D eigenvalue weighted by molar-refractivity contribution is -0.0329. The van der Waals surface area contributed by atoms with Gasteiger partial charge >= 0.3 is 0 Å². The number of nitrogens with zero attached hydrogens (tertiary/aromatic N) is 1. The molecule has 0 N–H and O–H groups in total. The van der Waals surface area contributed by atoms with E-state index in [4.69, 9.17) is 14.2 Å². The summed E-state index contributed by atoms with van der Waals surface area (Å²) in [6.07, 6.45) is -0.0136. The number of benzene rings is 2. The van der Waals surface area contributed by atoms with E-state index in [1.165, 1.54) is 12.1 Å². The van der Waals surface area contributed by atoms with Gasteiger partial charge in [0.2, 0.25) is 0 Å². The van der Waals surface area contributed by atoms with Crippen molar-refractivity contribution in [2.45, 2.75) is 6.10 Å². The molecule has 4 nitrogen and oxygen atoms in total. The van der Waals surface area contributed by atoms with Crippen molar-refractivity contribution in [1.82, 2.24) is 4.90 Å². The fraction of sp³-hybridized carbons (Fsp3) is 0.368. The molecule has 5 heteroatoms. The molecular formula is C19H22FNO3. The first-order chi connectivity index (χ1) is 11.7. The number of ether oxygens (including phenoxy) is 3. The Kier molecular flexibility index (Phi) is 5.67. The highest BCUT2D eigenvalue weighted by atomic mass is 19.1. The molecule has 0 saturated carbocycles. The summed E-state index contributed by atoms with van der Waals surface area (Å²) in [4.78, 5) is 2.31. The molecule has 2 aromatic rings. The van der Waals surface area contributed by atoms with E-state index in [0.717, 1.165) is 36.7 Å². The van der Waals surface area contributed by atoms with E-state index in [2.05, 4.69) is 4.90 Å². The first kappa shape index (κ1) is 16.7. The summed E-state index contributed by atoms with van der Waals surface area (Å²) >= 11 is 0. The normalized spacial score (nSPS) is 18.3.